The number of hydrogen-bond donors (Lipinski definition) is 1. The van der Waals surface area contributed by atoms with Crippen molar-refractivity contribution in [1.82, 2.24) is 4.90 Å². The molecular weight excluding hydrogens is 339 g/mol. The van der Waals surface area contributed by atoms with Gasteiger partial charge in [0.05, 0.1) is 0 Å². The molecule has 2 aromatic rings. The van der Waals surface area contributed by atoms with Gasteiger partial charge in [-0.1, -0.05) is 18.2 Å². The molecule has 3 nitrogen and oxygen atoms in total. The second-order valence-electron chi connectivity index (χ2n) is 7.94. The molecule has 1 aliphatic heterocycles. The lowest BCUT2D eigenvalue weighted by atomic mass is 9.97. The third-order valence-corrected chi connectivity index (χ3v) is 6.15. The first-order valence-corrected chi connectivity index (χ1v) is 10.0. The van der Waals surface area contributed by atoms with Crippen molar-refractivity contribution in [1.29, 1.82) is 0 Å². The van der Waals surface area contributed by atoms with Crippen molar-refractivity contribution < 1.29 is 9.18 Å². The number of likely N-dealkylation sites (tertiary alicyclic amines) is 1. The number of halogens is 1. The van der Waals surface area contributed by atoms with Crippen LogP contribution in [-0.4, -0.2) is 29.9 Å². The fourth-order valence-corrected chi connectivity index (χ4v) is 4.57. The standard InChI is InChI=1S/C23H27FN2O/c1-16-4-8-19(24)15-22(16)23(27)25-20-9-5-17(6-10-20)18-7-11-21(14-18)26-12-2-3-13-26/h4-6,8-10,15,18,21H,2-3,7,11-14H2,1H3,(H,25,27). The first-order chi connectivity index (χ1) is 13.1. The summed E-state index contributed by atoms with van der Waals surface area (Å²) in [6, 6.07) is 13.2. The topological polar surface area (TPSA) is 32.3 Å². The lowest BCUT2D eigenvalue weighted by Crippen LogP contribution is -2.30. The summed E-state index contributed by atoms with van der Waals surface area (Å²) in [6.07, 6.45) is 6.48. The van der Waals surface area contributed by atoms with Gasteiger partial charge in [0.15, 0.2) is 0 Å². The van der Waals surface area contributed by atoms with Crippen molar-refractivity contribution in [2.75, 3.05) is 18.4 Å². The van der Waals surface area contributed by atoms with Gasteiger partial charge in [0.2, 0.25) is 0 Å². The lowest BCUT2D eigenvalue weighted by molar-refractivity contribution is 0.102. The molecule has 2 unspecified atom stereocenters. The van der Waals surface area contributed by atoms with Crippen LogP contribution in [0, 0.1) is 12.7 Å². The van der Waals surface area contributed by atoms with E-state index in [0.29, 0.717) is 11.5 Å². The predicted molar refractivity (Wildman–Crippen MR) is 107 cm³/mol. The Morgan fingerprint density at radius 2 is 1.81 bits per heavy atom. The van der Waals surface area contributed by atoms with Gasteiger partial charge in [-0.05, 0) is 93.4 Å². The second kappa shape index (κ2) is 7.81. The number of aryl methyl sites for hydroxylation is 1. The van der Waals surface area contributed by atoms with E-state index in [1.54, 1.807) is 6.07 Å². The Hall–Kier alpha value is -2.20. The van der Waals surface area contributed by atoms with Crippen LogP contribution in [0.1, 0.15) is 59.5 Å². The van der Waals surface area contributed by atoms with E-state index in [4.69, 9.17) is 0 Å². The Labute approximate surface area is 160 Å². The second-order valence-corrected chi connectivity index (χ2v) is 7.94. The number of nitrogens with one attached hydrogen (secondary N) is 1. The number of benzene rings is 2. The third kappa shape index (κ3) is 4.06. The highest BCUT2D eigenvalue weighted by Crippen LogP contribution is 2.38. The lowest BCUT2D eigenvalue weighted by Gasteiger charge is -2.23. The largest absolute Gasteiger partial charge is 0.322 e. The molecular formula is C23H27FN2O. The Morgan fingerprint density at radius 3 is 2.56 bits per heavy atom. The molecule has 0 aromatic heterocycles. The van der Waals surface area contributed by atoms with Crippen LogP contribution in [0.4, 0.5) is 10.1 Å². The molecule has 1 N–H and O–H groups in total. The molecule has 1 amide bonds. The monoisotopic (exact) mass is 366 g/mol. The number of carbonyl (C=O) groups is 1. The van der Waals surface area contributed by atoms with Crippen molar-refractivity contribution in [2.45, 2.75) is 51.0 Å². The maximum Gasteiger partial charge on any atom is 0.256 e. The van der Waals surface area contributed by atoms with Crippen LogP contribution in [-0.2, 0) is 0 Å². The van der Waals surface area contributed by atoms with Crippen LogP contribution < -0.4 is 5.32 Å². The molecule has 1 heterocycles. The number of carbonyl (C=O) groups excluding carboxylic acids is 1. The van der Waals surface area contributed by atoms with E-state index in [-0.39, 0.29) is 5.91 Å². The Morgan fingerprint density at radius 1 is 1.07 bits per heavy atom. The van der Waals surface area contributed by atoms with Crippen molar-refractivity contribution >= 4 is 11.6 Å². The Kier molecular flexibility index (Phi) is 5.26. The van der Waals surface area contributed by atoms with E-state index in [9.17, 15) is 9.18 Å². The molecule has 0 spiro atoms. The van der Waals surface area contributed by atoms with Crippen molar-refractivity contribution in [3.8, 4) is 0 Å². The first kappa shape index (κ1) is 18.2. The number of hydrogen-bond acceptors (Lipinski definition) is 2. The van der Waals surface area contributed by atoms with Gasteiger partial charge in [-0.25, -0.2) is 4.39 Å². The predicted octanol–water partition coefficient (Wildman–Crippen LogP) is 5.12. The minimum Gasteiger partial charge on any atom is -0.322 e. The minimum absolute atomic E-state index is 0.269. The summed E-state index contributed by atoms with van der Waals surface area (Å²) in [5.41, 5.74) is 3.26. The molecule has 4 rings (SSSR count). The summed E-state index contributed by atoms with van der Waals surface area (Å²) in [5, 5.41) is 2.88. The maximum atomic E-state index is 13.4. The SMILES string of the molecule is Cc1ccc(F)cc1C(=O)Nc1ccc(C2CCC(N3CCCC3)C2)cc1. The summed E-state index contributed by atoms with van der Waals surface area (Å²) >= 11 is 0. The number of anilines is 1. The van der Waals surface area contributed by atoms with Crippen LogP contribution in [0.15, 0.2) is 42.5 Å². The van der Waals surface area contributed by atoms with Gasteiger partial charge in [-0.15, -0.1) is 0 Å². The molecule has 2 aromatic carbocycles. The minimum atomic E-state index is -0.394. The van der Waals surface area contributed by atoms with E-state index in [1.807, 2.05) is 19.1 Å². The van der Waals surface area contributed by atoms with Crippen LogP contribution in [0.2, 0.25) is 0 Å². The highest BCUT2D eigenvalue weighted by molar-refractivity contribution is 6.05. The van der Waals surface area contributed by atoms with Crippen LogP contribution in [0.5, 0.6) is 0 Å². The molecule has 1 aliphatic carbocycles. The molecule has 27 heavy (non-hydrogen) atoms. The van der Waals surface area contributed by atoms with Gasteiger partial charge in [0, 0.05) is 17.3 Å². The van der Waals surface area contributed by atoms with E-state index in [1.165, 1.54) is 62.9 Å². The number of amides is 1. The quantitative estimate of drug-likeness (QED) is 0.815. The zero-order valence-corrected chi connectivity index (χ0v) is 15.9. The average Bonchev–Trinajstić information content (AvgIpc) is 3.35. The smallest absolute Gasteiger partial charge is 0.256 e. The first-order valence-electron chi connectivity index (χ1n) is 10.0. The molecule has 2 aliphatic rings. The Balaban J connectivity index is 1.39. The zero-order chi connectivity index (χ0) is 18.8. The number of nitrogens with zero attached hydrogens (tertiary/aromatic N) is 1. The molecule has 1 saturated carbocycles. The summed E-state index contributed by atoms with van der Waals surface area (Å²) in [4.78, 5) is 15.1. The summed E-state index contributed by atoms with van der Waals surface area (Å²) in [5.74, 6) is -0.0459. The summed E-state index contributed by atoms with van der Waals surface area (Å²) < 4.78 is 13.4. The van der Waals surface area contributed by atoms with Gasteiger partial charge in [-0.2, -0.15) is 0 Å². The molecule has 2 fully saturated rings. The van der Waals surface area contributed by atoms with E-state index in [2.05, 4.69) is 22.3 Å². The van der Waals surface area contributed by atoms with Crippen molar-refractivity contribution in [2.24, 2.45) is 0 Å². The van der Waals surface area contributed by atoms with Gasteiger partial charge in [-0.3, -0.25) is 4.79 Å². The molecule has 1 saturated heterocycles. The molecule has 0 radical (unpaired) electrons. The average molecular weight is 366 g/mol. The molecule has 4 heteroatoms. The van der Waals surface area contributed by atoms with Crippen LogP contribution in [0.3, 0.4) is 0 Å². The van der Waals surface area contributed by atoms with E-state index >= 15 is 0 Å². The van der Waals surface area contributed by atoms with Gasteiger partial charge in [0.25, 0.3) is 5.91 Å². The highest BCUT2D eigenvalue weighted by atomic mass is 19.1. The van der Waals surface area contributed by atoms with Crippen LogP contribution >= 0.6 is 0 Å². The maximum absolute atomic E-state index is 13.4. The molecule has 0 bridgehead atoms. The summed E-state index contributed by atoms with van der Waals surface area (Å²) in [6.45, 7) is 4.35. The van der Waals surface area contributed by atoms with Crippen molar-refractivity contribution in [3.63, 3.8) is 0 Å². The fourth-order valence-electron chi connectivity index (χ4n) is 4.57. The number of rotatable bonds is 4. The fraction of sp³-hybridized carbons (Fsp3) is 0.435. The Bertz CT molecular complexity index is 812. The molecule has 2 atom stereocenters. The van der Waals surface area contributed by atoms with Gasteiger partial charge in [0.1, 0.15) is 5.82 Å². The van der Waals surface area contributed by atoms with Crippen LogP contribution in [0.25, 0.3) is 0 Å². The summed E-state index contributed by atoms with van der Waals surface area (Å²) in [7, 11) is 0. The van der Waals surface area contributed by atoms with Gasteiger partial charge >= 0.3 is 0 Å². The molecule has 142 valence electrons. The van der Waals surface area contributed by atoms with E-state index < -0.39 is 5.82 Å². The third-order valence-electron chi connectivity index (χ3n) is 6.15. The van der Waals surface area contributed by atoms with Crippen molar-refractivity contribution in [3.05, 3.63) is 65.0 Å². The van der Waals surface area contributed by atoms with Gasteiger partial charge < -0.3 is 10.2 Å². The highest BCUT2D eigenvalue weighted by Gasteiger charge is 2.31. The zero-order valence-electron chi connectivity index (χ0n) is 15.9. The van der Waals surface area contributed by atoms with E-state index in [0.717, 1.165) is 17.3 Å². The normalized spacial score (nSPS) is 22.9.